The topological polar surface area (TPSA) is 40.5 Å². The molecule has 0 aliphatic heterocycles. The van der Waals surface area contributed by atoms with Crippen LogP contribution < -0.4 is 0 Å². The molecular formula is C14H20O2. The standard InChI is InChI=1S/C14H20O2/c1-13(2)7-8-14(16,10-13)9-11-3-5-12(15)6-4-11/h3-6,15-16H,7-10H2,1-2H3. The van der Waals surface area contributed by atoms with Gasteiger partial charge >= 0.3 is 0 Å². The Morgan fingerprint density at radius 1 is 1.12 bits per heavy atom. The molecule has 2 nitrogen and oxygen atoms in total. The predicted molar refractivity (Wildman–Crippen MR) is 64.4 cm³/mol. The molecule has 1 aliphatic carbocycles. The maximum atomic E-state index is 10.5. The monoisotopic (exact) mass is 220 g/mol. The molecular weight excluding hydrogens is 200 g/mol. The molecule has 88 valence electrons. The van der Waals surface area contributed by atoms with Crippen molar-refractivity contribution in [3.8, 4) is 5.75 Å². The van der Waals surface area contributed by atoms with Crippen molar-refractivity contribution in [2.24, 2.45) is 5.41 Å². The van der Waals surface area contributed by atoms with E-state index in [-0.39, 0.29) is 11.2 Å². The summed E-state index contributed by atoms with van der Waals surface area (Å²) in [4.78, 5) is 0. The molecule has 1 saturated carbocycles. The summed E-state index contributed by atoms with van der Waals surface area (Å²) in [6.45, 7) is 4.42. The van der Waals surface area contributed by atoms with Gasteiger partial charge in [0.2, 0.25) is 0 Å². The number of rotatable bonds is 2. The highest BCUT2D eigenvalue weighted by atomic mass is 16.3. The summed E-state index contributed by atoms with van der Waals surface area (Å²) in [5, 5.41) is 19.7. The average Bonchev–Trinajstić information content (AvgIpc) is 2.45. The Bertz CT molecular complexity index is 367. The number of phenolic OH excluding ortho intramolecular Hbond substituents is 1. The minimum atomic E-state index is -0.555. The Kier molecular flexibility index (Phi) is 2.70. The SMILES string of the molecule is CC1(C)CCC(O)(Cc2ccc(O)cc2)C1. The summed E-state index contributed by atoms with van der Waals surface area (Å²) in [5.74, 6) is 0.280. The van der Waals surface area contributed by atoms with E-state index in [1.165, 1.54) is 0 Å². The second-order valence-corrected chi connectivity index (χ2v) is 5.91. The molecule has 0 bridgehead atoms. The first kappa shape index (κ1) is 11.5. The van der Waals surface area contributed by atoms with Crippen molar-refractivity contribution in [3.63, 3.8) is 0 Å². The summed E-state index contributed by atoms with van der Waals surface area (Å²) >= 11 is 0. The molecule has 1 aromatic carbocycles. The molecule has 0 saturated heterocycles. The van der Waals surface area contributed by atoms with Crippen LogP contribution in [0.4, 0.5) is 0 Å². The van der Waals surface area contributed by atoms with Crippen LogP contribution in [0, 0.1) is 5.41 Å². The lowest BCUT2D eigenvalue weighted by Crippen LogP contribution is -2.29. The van der Waals surface area contributed by atoms with E-state index in [1.54, 1.807) is 12.1 Å². The fraction of sp³-hybridized carbons (Fsp3) is 0.571. The lowest BCUT2D eigenvalue weighted by Gasteiger charge is -2.25. The van der Waals surface area contributed by atoms with Gasteiger partial charge in [0.1, 0.15) is 5.75 Å². The van der Waals surface area contributed by atoms with Crippen molar-refractivity contribution in [3.05, 3.63) is 29.8 Å². The van der Waals surface area contributed by atoms with Crippen molar-refractivity contribution in [1.82, 2.24) is 0 Å². The van der Waals surface area contributed by atoms with Crippen molar-refractivity contribution >= 4 is 0 Å². The highest BCUT2D eigenvalue weighted by Gasteiger charge is 2.41. The molecule has 1 atom stereocenters. The first-order valence-corrected chi connectivity index (χ1v) is 5.89. The Hall–Kier alpha value is -1.02. The van der Waals surface area contributed by atoms with Crippen LogP contribution in [0.25, 0.3) is 0 Å². The van der Waals surface area contributed by atoms with Gasteiger partial charge < -0.3 is 10.2 Å². The van der Waals surface area contributed by atoms with E-state index in [1.807, 2.05) is 12.1 Å². The number of aromatic hydroxyl groups is 1. The molecule has 0 amide bonds. The molecule has 0 heterocycles. The van der Waals surface area contributed by atoms with E-state index in [4.69, 9.17) is 0 Å². The van der Waals surface area contributed by atoms with Crippen molar-refractivity contribution in [1.29, 1.82) is 0 Å². The van der Waals surface area contributed by atoms with Gasteiger partial charge in [0, 0.05) is 6.42 Å². The number of benzene rings is 1. The molecule has 1 aromatic rings. The van der Waals surface area contributed by atoms with E-state index >= 15 is 0 Å². The normalized spacial score (nSPS) is 28.2. The zero-order chi connectivity index (χ0) is 11.8. The van der Waals surface area contributed by atoms with Crippen LogP contribution in [0.2, 0.25) is 0 Å². The largest absolute Gasteiger partial charge is 0.508 e. The van der Waals surface area contributed by atoms with E-state index in [0.29, 0.717) is 6.42 Å². The van der Waals surface area contributed by atoms with E-state index in [2.05, 4.69) is 13.8 Å². The molecule has 1 aliphatic rings. The smallest absolute Gasteiger partial charge is 0.115 e. The molecule has 2 heteroatoms. The van der Waals surface area contributed by atoms with Gasteiger partial charge in [0.15, 0.2) is 0 Å². The first-order valence-electron chi connectivity index (χ1n) is 5.89. The summed E-state index contributed by atoms with van der Waals surface area (Å²) in [6.07, 6.45) is 3.51. The zero-order valence-electron chi connectivity index (χ0n) is 10.0. The van der Waals surface area contributed by atoms with Crippen LogP contribution in [0.5, 0.6) is 5.75 Å². The molecule has 0 spiro atoms. The Balaban J connectivity index is 2.07. The Morgan fingerprint density at radius 2 is 1.75 bits per heavy atom. The summed E-state index contributed by atoms with van der Waals surface area (Å²) < 4.78 is 0. The molecule has 0 radical (unpaired) electrons. The van der Waals surface area contributed by atoms with E-state index < -0.39 is 5.60 Å². The minimum absolute atomic E-state index is 0.256. The molecule has 2 N–H and O–H groups in total. The van der Waals surface area contributed by atoms with Crippen LogP contribution in [0.3, 0.4) is 0 Å². The third-order valence-corrected chi connectivity index (χ3v) is 3.54. The maximum absolute atomic E-state index is 10.5. The van der Waals surface area contributed by atoms with E-state index in [0.717, 1.165) is 24.8 Å². The van der Waals surface area contributed by atoms with Gasteiger partial charge in [-0.05, 0) is 42.4 Å². The second kappa shape index (κ2) is 3.77. The number of hydrogen-bond acceptors (Lipinski definition) is 2. The fourth-order valence-corrected chi connectivity index (χ4v) is 2.78. The van der Waals surface area contributed by atoms with Crippen molar-refractivity contribution in [2.75, 3.05) is 0 Å². The predicted octanol–water partition coefficient (Wildman–Crippen LogP) is 2.88. The third kappa shape index (κ3) is 2.56. The average molecular weight is 220 g/mol. The van der Waals surface area contributed by atoms with Gasteiger partial charge in [-0.3, -0.25) is 0 Å². The van der Waals surface area contributed by atoms with Crippen LogP contribution in [-0.2, 0) is 6.42 Å². The lowest BCUT2D eigenvalue weighted by molar-refractivity contribution is 0.0379. The van der Waals surface area contributed by atoms with Gasteiger partial charge in [-0.25, -0.2) is 0 Å². The molecule has 1 fully saturated rings. The summed E-state index contributed by atoms with van der Waals surface area (Å²) in [7, 11) is 0. The quantitative estimate of drug-likeness (QED) is 0.804. The summed E-state index contributed by atoms with van der Waals surface area (Å²) in [6, 6.07) is 7.13. The molecule has 1 unspecified atom stereocenters. The van der Waals surface area contributed by atoms with Crippen molar-refractivity contribution in [2.45, 2.75) is 45.1 Å². The van der Waals surface area contributed by atoms with Gasteiger partial charge in [-0.1, -0.05) is 26.0 Å². The number of hydrogen-bond donors (Lipinski definition) is 2. The summed E-state index contributed by atoms with van der Waals surface area (Å²) in [5.41, 5.74) is 0.796. The van der Waals surface area contributed by atoms with Crippen LogP contribution in [-0.4, -0.2) is 15.8 Å². The van der Waals surface area contributed by atoms with Gasteiger partial charge in [-0.2, -0.15) is 0 Å². The zero-order valence-corrected chi connectivity index (χ0v) is 10.0. The highest BCUT2D eigenvalue weighted by Crippen LogP contribution is 2.44. The fourth-order valence-electron chi connectivity index (χ4n) is 2.78. The van der Waals surface area contributed by atoms with Crippen molar-refractivity contribution < 1.29 is 10.2 Å². The number of phenols is 1. The van der Waals surface area contributed by atoms with E-state index in [9.17, 15) is 10.2 Å². The van der Waals surface area contributed by atoms with Crippen LogP contribution in [0.1, 0.15) is 38.7 Å². The van der Waals surface area contributed by atoms with Gasteiger partial charge in [0.25, 0.3) is 0 Å². The van der Waals surface area contributed by atoms with Crippen LogP contribution in [0.15, 0.2) is 24.3 Å². The lowest BCUT2D eigenvalue weighted by atomic mass is 9.86. The molecule has 2 rings (SSSR count). The second-order valence-electron chi connectivity index (χ2n) is 5.91. The third-order valence-electron chi connectivity index (χ3n) is 3.54. The number of aliphatic hydroxyl groups is 1. The maximum Gasteiger partial charge on any atom is 0.115 e. The van der Waals surface area contributed by atoms with Gasteiger partial charge in [0.05, 0.1) is 5.60 Å². The molecule has 0 aromatic heterocycles. The minimum Gasteiger partial charge on any atom is -0.508 e. The Morgan fingerprint density at radius 3 is 2.25 bits per heavy atom. The van der Waals surface area contributed by atoms with Crippen LogP contribution >= 0.6 is 0 Å². The van der Waals surface area contributed by atoms with Gasteiger partial charge in [-0.15, -0.1) is 0 Å². The Labute approximate surface area is 96.9 Å². The highest BCUT2D eigenvalue weighted by molar-refractivity contribution is 5.27. The molecule has 16 heavy (non-hydrogen) atoms. The first-order chi connectivity index (χ1) is 7.39.